The molecule has 0 aromatic heterocycles. The number of oxime groups is 1. The maximum Gasteiger partial charge on any atom is 0.253 e. The summed E-state index contributed by atoms with van der Waals surface area (Å²) in [5.74, 6) is -0.367. The van der Waals surface area contributed by atoms with Crippen molar-refractivity contribution in [2.24, 2.45) is 16.8 Å². The maximum atomic E-state index is 12.1. The van der Waals surface area contributed by atoms with Crippen LogP contribution in [-0.2, 0) is 0 Å². The van der Waals surface area contributed by atoms with Crippen LogP contribution in [0.3, 0.4) is 0 Å². The maximum absolute atomic E-state index is 12.1. The minimum Gasteiger partial charge on any atom is -0.409 e. The van der Waals surface area contributed by atoms with Gasteiger partial charge in [0.1, 0.15) is 0 Å². The van der Waals surface area contributed by atoms with Crippen molar-refractivity contribution in [3.63, 3.8) is 0 Å². The second-order valence-corrected chi connectivity index (χ2v) is 5.63. The summed E-state index contributed by atoms with van der Waals surface area (Å²) in [6, 6.07) is 4.31. The van der Waals surface area contributed by atoms with E-state index in [1.54, 1.807) is 18.2 Å². The molecule has 1 amide bonds. The van der Waals surface area contributed by atoms with Gasteiger partial charge in [-0.2, -0.15) is 0 Å². The molecule has 0 heterocycles. The lowest BCUT2D eigenvalue weighted by atomic mass is 10.0. The van der Waals surface area contributed by atoms with E-state index in [0.29, 0.717) is 15.1 Å². The summed E-state index contributed by atoms with van der Waals surface area (Å²) in [5.41, 5.74) is 5.99. The number of nitrogens with one attached hydrogen (secondary N) is 1. The number of amidine groups is 1. The van der Waals surface area contributed by atoms with Crippen molar-refractivity contribution in [1.82, 2.24) is 5.32 Å². The van der Waals surface area contributed by atoms with Crippen LogP contribution in [-0.4, -0.2) is 23.0 Å². The average molecular weight is 349 g/mol. The molecule has 0 aliphatic heterocycles. The van der Waals surface area contributed by atoms with Crippen molar-refractivity contribution < 1.29 is 10.0 Å². The van der Waals surface area contributed by atoms with E-state index in [9.17, 15) is 4.79 Å². The molecule has 104 valence electrons. The summed E-state index contributed by atoms with van der Waals surface area (Å²) >= 11 is 9.09. The van der Waals surface area contributed by atoms with Crippen LogP contribution in [0.2, 0.25) is 5.02 Å². The second kappa shape index (κ2) is 6.77. The molecule has 0 aliphatic rings. The first-order valence-corrected chi connectivity index (χ1v) is 6.77. The first kappa shape index (κ1) is 15.8. The molecule has 1 aromatic carbocycles. The lowest BCUT2D eigenvalue weighted by Crippen LogP contribution is -2.47. The van der Waals surface area contributed by atoms with Crippen LogP contribution in [0.25, 0.3) is 0 Å². The van der Waals surface area contributed by atoms with Gasteiger partial charge in [-0.3, -0.25) is 4.79 Å². The van der Waals surface area contributed by atoms with Gasteiger partial charge in [-0.05, 0) is 40.0 Å². The molecule has 1 rings (SSSR count). The Morgan fingerprint density at radius 2 is 2.16 bits per heavy atom. The van der Waals surface area contributed by atoms with Gasteiger partial charge in [0.25, 0.3) is 5.91 Å². The average Bonchev–Trinajstić information content (AvgIpc) is 2.34. The Hall–Kier alpha value is -1.27. The van der Waals surface area contributed by atoms with Gasteiger partial charge in [0.05, 0.1) is 11.6 Å². The highest BCUT2D eigenvalue weighted by Gasteiger charge is 2.22. The highest BCUT2D eigenvalue weighted by Crippen LogP contribution is 2.21. The Morgan fingerprint density at radius 1 is 1.53 bits per heavy atom. The van der Waals surface area contributed by atoms with Crippen LogP contribution in [0.15, 0.2) is 27.8 Å². The lowest BCUT2D eigenvalue weighted by Gasteiger charge is -2.21. The number of rotatable bonds is 4. The van der Waals surface area contributed by atoms with E-state index in [2.05, 4.69) is 26.4 Å². The monoisotopic (exact) mass is 347 g/mol. The highest BCUT2D eigenvalue weighted by molar-refractivity contribution is 9.10. The number of amides is 1. The number of nitrogens with two attached hydrogens (primary N) is 1. The number of hydrogen-bond donors (Lipinski definition) is 3. The van der Waals surface area contributed by atoms with E-state index >= 15 is 0 Å². The van der Waals surface area contributed by atoms with E-state index < -0.39 is 6.04 Å². The number of nitrogens with zero attached hydrogens (tertiary/aromatic N) is 1. The van der Waals surface area contributed by atoms with Crippen molar-refractivity contribution in [1.29, 1.82) is 0 Å². The molecular formula is C12H15BrClN3O2. The van der Waals surface area contributed by atoms with E-state index in [1.807, 2.05) is 13.8 Å². The largest absolute Gasteiger partial charge is 0.409 e. The van der Waals surface area contributed by atoms with Crippen molar-refractivity contribution in [2.45, 2.75) is 19.9 Å². The van der Waals surface area contributed by atoms with Gasteiger partial charge in [0.2, 0.25) is 0 Å². The fourth-order valence-corrected chi connectivity index (χ4v) is 2.40. The first-order valence-electron chi connectivity index (χ1n) is 5.60. The normalized spacial score (nSPS) is 13.4. The molecule has 0 bridgehead atoms. The summed E-state index contributed by atoms with van der Waals surface area (Å²) in [7, 11) is 0. The molecule has 0 saturated carbocycles. The van der Waals surface area contributed by atoms with Gasteiger partial charge in [-0.25, -0.2) is 0 Å². The van der Waals surface area contributed by atoms with Crippen molar-refractivity contribution in [2.75, 3.05) is 0 Å². The fourth-order valence-electron chi connectivity index (χ4n) is 1.54. The molecule has 1 unspecified atom stereocenters. The Morgan fingerprint density at radius 3 is 2.63 bits per heavy atom. The zero-order valence-electron chi connectivity index (χ0n) is 10.5. The molecule has 0 saturated heterocycles. The molecule has 7 heteroatoms. The molecule has 0 aliphatic carbocycles. The summed E-state index contributed by atoms with van der Waals surface area (Å²) < 4.78 is 0.583. The predicted octanol–water partition coefficient (Wildman–Crippen LogP) is 2.60. The van der Waals surface area contributed by atoms with Crippen molar-refractivity contribution in [3.8, 4) is 0 Å². The van der Waals surface area contributed by atoms with Gasteiger partial charge in [0, 0.05) is 9.50 Å². The molecule has 1 aromatic rings. The fraction of sp³-hybridized carbons (Fsp3) is 0.333. The van der Waals surface area contributed by atoms with E-state index in [-0.39, 0.29) is 17.7 Å². The van der Waals surface area contributed by atoms with Gasteiger partial charge in [-0.15, -0.1) is 0 Å². The molecule has 1 atom stereocenters. The SMILES string of the molecule is CC(C)C(NC(=O)c1ccc(Cl)cc1Br)/C(N)=N/O. The minimum atomic E-state index is -0.542. The van der Waals surface area contributed by atoms with Gasteiger partial charge in [-0.1, -0.05) is 30.6 Å². The van der Waals surface area contributed by atoms with Crippen LogP contribution in [0.4, 0.5) is 0 Å². The Kier molecular flexibility index (Phi) is 5.62. The third-order valence-corrected chi connectivity index (χ3v) is 3.45. The summed E-state index contributed by atoms with van der Waals surface area (Å²) in [4.78, 5) is 12.1. The summed E-state index contributed by atoms with van der Waals surface area (Å²) in [6.45, 7) is 3.72. The molecule has 19 heavy (non-hydrogen) atoms. The number of halogens is 2. The summed E-state index contributed by atoms with van der Waals surface area (Å²) in [5, 5.41) is 14.9. The smallest absolute Gasteiger partial charge is 0.253 e. The number of carbonyl (C=O) groups is 1. The minimum absolute atomic E-state index is 0.00840. The standard InChI is InChI=1S/C12H15BrClN3O2/c1-6(2)10(11(15)17-19)16-12(18)8-4-3-7(14)5-9(8)13/h3-6,10,19H,1-2H3,(H2,15,17)(H,16,18). The third kappa shape index (κ3) is 4.11. The summed E-state index contributed by atoms with van der Waals surface area (Å²) in [6.07, 6.45) is 0. The zero-order valence-corrected chi connectivity index (χ0v) is 12.9. The zero-order chi connectivity index (χ0) is 14.6. The third-order valence-electron chi connectivity index (χ3n) is 2.56. The Labute approximate surface area is 124 Å². The van der Waals surface area contributed by atoms with Crippen LogP contribution in [0.1, 0.15) is 24.2 Å². The number of hydrogen-bond acceptors (Lipinski definition) is 3. The van der Waals surface area contributed by atoms with Crippen LogP contribution in [0, 0.1) is 5.92 Å². The predicted molar refractivity (Wildman–Crippen MR) is 78.7 cm³/mol. The first-order chi connectivity index (χ1) is 8.86. The topological polar surface area (TPSA) is 87.7 Å². The van der Waals surface area contributed by atoms with Crippen LogP contribution in [0.5, 0.6) is 0 Å². The molecule has 4 N–H and O–H groups in total. The quantitative estimate of drug-likeness (QED) is 0.338. The molecule has 5 nitrogen and oxygen atoms in total. The van der Waals surface area contributed by atoms with Crippen molar-refractivity contribution >= 4 is 39.3 Å². The molecule has 0 spiro atoms. The molecule has 0 radical (unpaired) electrons. The number of benzene rings is 1. The van der Waals surface area contributed by atoms with Crippen LogP contribution >= 0.6 is 27.5 Å². The van der Waals surface area contributed by atoms with Crippen molar-refractivity contribution in [3.05, 3.63) is 33.3 Å². The Bertz CT molecular complexity index is 506. The Balaban J connectivity index is 2.94. The molecular weight excluding hydrogens is 334 g/mol. The number of carbonyl (C=O) groups excluding carboxylic acids is 1. The lowest BCUT2D eigenvalue weighted by molar-refractivity contribution is 0.0938. The van der Waals surface area contributed by atoms with E-state index in [0.717, 1.165) is 0 Å². The van der Waals surface area contributed by atoms with Gasteiger partial charge < -0.3 is 16.3 Å². The van der Waals surface area contributed by atoms with Gasteiger partial charge >= 0.3 is 0 Å². The molecule has 0 fully saturated rings. The van der Waals surface area contributed by atoms with Gasteiger partial charge in [0.15, 0.2) is 5.84 Å². The van der Waals surface area contributed by atoms with E-state index in [1.165, 1.54) is 0 Å². The highest BCUT2D eigenvalue weighted by atomic mass is 79.9. The van der Waals surface area contributed by atoms with Crippen LogP contribution < -0.4 is 11.1 Å². The second-order valence-electron chi connectivity index (χ2n) is 4.34. The van der Waals surface area contributed by atoms with E-state index in [4.69, 9.17) is 22.5 Å².